The first-order chi connectivity index (χ1) is 44.5. The predicted octanol–water partition coefficient (Wildman–Crippen LogP) is 9.77. The number of benzene rings is 2. The summed E-state index contributed by atoms with van der Waals surface area (Å²) in [5.74, 6) is 3.43. The summed E-state index contributed by atoms with van der Waals surface area (Å²) in [7, 11) is 5.95. The van der Waals surface area contributed by atoms with Crippen LogP contribution >= 0.6 is 11.6 Å². The van der Waals surface area contributed by atoms with Crippen LogP contribution in [0.25, 0.3) is 0 Å². The largest absolute Gasteiger partial charge is 0.480 e. The highest BCUT2D eigenvalue weighted by Crippen LogP contribution is 2.30. The molecule has 0 spiro atoms. The Labute approximate surface area is 540 Å². The third-order valence-electron chi connectivity index (χ3n) is 14.9. The number of carboxylic acids is 1. The summed E-state index contributed by atoms with van der Waals surface area (Å²) in [4.78, 5) is 80.0. The maximum atomic E-state index is 12.8. The smallest absolute Gasteiger partial charge is 0.335 e. The SMILES string of the molecule is C=CC(=O)Nc1ccc(C(=O)N2CC[C@@H](Cc3ncc(C#N)c(OC)n3)C2)cc1.C=CC(=O)Nc1ccc(C(=O)O)cc1.COc1nc(CC2CCCC2)ncc1C#N.COc1nc(CC2CCCC2)ncc1C#N.COc1nc(Cl)ncc1C#N.NC1CCCC1. The summed E-state index contributed by atoms with van der Waals surface area (Å²) in [6.45, 7) is 7.97. The summed E-state index contributed by atoms with van der Waals surface area (Å²) >= 11 is 5.44. The highest BCUT2D eigenvalue weighted by Gasteiger charge is 2.28. The van der Waals surface area contributed by atoms with E-state index in [1.54, 1.807) is 36.7 Å². The minimum Gasteiger partial charge on any atom is -0.480 e. The predicted molar refractivity (Wildman–Crippen MR) is 341 cm³/mol. The van der Waals surface area contributed by atoms with Gasteiger partial charge in [-0.25, -0.2) is 24.7 Å². The van der Waals surface area contributed by atoms with Crippen molar-refractivity contribution in [3.05, 3.63) is 155 Å². The number of aromatic nitrogens is 8. The van der Waals surface area contributed by atoms with Gasteiger partial charge < -0.3 is 45.3 Å². The molecule has 0 unspecified atom stereocenters. The second-order valence-electron chi connectivity index (χ2n) is 21.3. The topological polar surface area (TPSA) is 377 Å². The molecule has 3 aliphatic carbocycles. The molecule has 6 aromatic rings. The van der Waals surface area contributed by atoms with Crippen molar-refractivity contribution in [3.63, 3.8) is 0 Å². The van der Waals surface area contributed by atoms with Crippen molar-refractivity contribution in [1.82, 2.24) is 44.8 Å². The standard InChI is InChI=1S/C21H21N5O3.2C12H15N3O.C10H9NO3.C6H4ClN3O.C5H11N/c1-3-19(27)24-17-6-4-15(5-7-17)21(28)26-9-8-14(13-26)10-18-23-12-16(11-22)20(25-18)29-2;2*1-16-12-10(7-13)8-14-11(15-12)6-9-4-2-3-5-9;1-2-9(12)11-8-5-3-7(4-6-8)10(13)14;1-11-5-4(2-8)3-9-6(7)10-5;6-5-3-1-2-4-5/h3-7,12,14H,1,8-10,13H2,2H3,(H,24,27);2*8-9H,2-6H2,1H3;2-6H,1H2,(H,11,12)(H,13,14);3H,1H3;5H,1-4,6H2/t14-;;;;;/m0...../s1. The van der Waals surface area contributed by atoms with Crippen molar-refractivity contribution < 1.29 is 43.2 Å². The van der Waals surface area contributed by atoms with E-state index < -0.39 is 5.97 Å². The molecule has 4 fully saturated rings. The quantitative estimate of drug-likeness (QED) is 0.0517. The molecule has 2 aromatic carbocycles. The highest BCUT2D eigenvalue weighted by atomic mass is 35.5. The lowest BCUT2D eigenvalue weighted by atomic mass is 10.0. The number of hydrogen-bond donors (Lipinski definition) is 4. The number of likely N-dealkylation sites (tertiary alicyclic amines) is 1. The van der Waals surface area contributed by atoms with Gasteiger partial charge in [-0.15, -0.1) is 0 Å². The maximum Gasteiger partial charge on any atom is 0.335 e. The fourth-order valence-corrected chi connectivity index (χ4v) is 10.2. The molecule has 5 heterocycles. The number of carbonyl (C=O) groups is 4. The van der Waals surface area contributed by atoms with Gasteiger partial charge in [0, 0.05) is 55.3 Å². The number of halogens is 1. The molecule has 3 saturated carbocycles. The number of nitriles is 4. The van der Waals surface area contributed by atoms with Crippen LogP contribution in [0, 0.1) is 63.1 Å². The highest BCUT2D eigenvalue weighted by molar-refractivity contribution is 6.28. The van der Waals surface area contributed by atoms with Gasteiger partial charge in [0.05, 0.1) is 58.8 Å². The summed E-state index contributed by atoms with van der Waals surface area (Å²) in [5.41, 5.74) is 8.81. The monoisotopic (exact) mass is 1270 g/mol. The minimum absolute atomic E-state index is 0.0487. The van der Waals surface area contributed by atoms with Gasteiger partial charge >= 0.3 is 5.97 Å². The zero-order valence-electron chi connectivity index (χ0n) is 52.0. The van der Waals surface area contributed by atoms with E-state index in [9.17, 15) is 19.2 Å². The van der Waals surface area contributed by atoms with Gasteiger partial charge in [-0.3, -0.25) is 14.4 Å². The number of carboxylic acid groups (broad SMARTS) is 1. The van der Waals surface area contributed by atoms with Gasteiger partial charge in [-0.2, -0.15) is 41.0 Å². The van der Waals surface area contributed by atoms with E-state index in [1.165, 1.54) is 148 Å². The second kappa shape index (κ2) is 38.8. The van der Waals surface area contributed by atoms with Crippen molar-refractivity contribution in [1.29, 1.82) is 21.0 Å². The molecular formula is C66H75ClN16O9. The molecule has 3 amide bonds. The van der Waals surface area contributed by atoms with E-state index in [1.807, 2.05) is 29.2 Å². The molecule has 5 N–H and O–H groups in total. The van der Waals surface area contributed by atoms with E-state index in [2.05, 4.69) is 63.7 Å². The molecule has 4 aromatic heterocycles. The molecular weight excluding hydrogens is 1200 g/mol. The third kappa shape index (κ3) is 23.8. The molecule has 0 bridgehead atoms. The van der Waals surface area contributed by atoms with E-state index in [0.717, 1.165) is 37.0 Å². The number of nitrogens with one attached hydrogen (secondary N) is 2. The van der Waals surface area contributed by atoms with Crippen molar-refractivity contribution in [2.24, 2.45) is 23.5 Å². The van der Waals surface area contributed by atoms with Crippen molar-refractivity contribution in [2.45, 2.75) is 109 Å². The van der Waals surface area contributed by atoms with Crippen LogP contribution in [0.1, 0.15) is 144 Å². The lowest BCUT2D eigenvalue weighted by Gasteiger charge is -2.17. The Morgan fingerprint density at radius 1 is 0.554 bits per heavy atom. The fourth-order valence-electron chi connectivity index (χ4n) is 10.1. The lowest BCUT2D eigenvalue weighted by Crippen LogP contribution is -2.29. The van der Waals surface area contributed by atoms with Crippen molar-refractivity contribution in [2.75, 3.05) is 52.2 Å². The molecule has 1 saturated heterocycles. The van der Waals surface area contributed by atoms with Crippen LogP contribution in [0.2, 0.25) is 5.28 Å². The van der Waals surface area contributed by atoms with Gasteiger partial charge in [0.1, 0.15) is 64.0 Å². The molecule has 26 heteroatoms. The number of rotatable bonds is 16. The fraction of sp³-hybridized carbons (Fsp3) is 0.394. The number of amides is 3. The first-order valence-corrected chi connectivity index (χ1v) is 30.1. The van der Waals surface area contributed by atoms with E-state index >= 15 is 0 Å². The van der Waals surface area contributed by atoms with Crippen molar-refractivity contribution >= 4 is 46.7 Å². The molecule has 92 heavy (non-hydrogen) atoms. The number of anilines is 2. The van der Waals surface area contributed by atoms with Gasteiger partial charge in [0.25, 0.3) is 5.91 Å². The van der Waals surface area contributed by atoms with Crippen molar-refractivity contribution in [3.8, 4) is 47.8 Å². The van der Waals surface area contributed by atoms with Crippen LogP contribution in [-0.4, -0.2) is 121 Å². The second-order valence-corrected chi connectivity index (χ2v) is 21.7. The number of nitrogens with two attached hydrogens (primary N) is 1. The number of methoxy groups -OCH3 is 4. The lowest BCUT2D eigenvalue weighted by molar-refractivity contribution is -0.112. The molecule has 25 nitrogen and oxygen atoms in total. The van der Waals surface area contributed by atoms with Gasteiger partial charge in [-0.1, -0.05) is 77.4 Å². The maximum absolute atomic E-state index is 12.8. The Balaban J connectivity index is 0.000000212. The Kier molecular flexibility index (Phi) is 30.5. The number of ether oxygens (including phenoxy) is 4. The minimum atomic E-state index is -0.994. The summed E-state index contributed by atoms with van der Waals surface area (Å²) in [6.07, 6.45) is 27.1. The zero-order chi connectivity index (χ0) is 66.8. The molecule has 10 rings (SSSR count). The Hall–Kier alpha value is -10.5. The Bertz CT molecular complexity index is 3530. The molecule has 480 valence electrons. The molecule has 0 radical (unpaired) electrons. The number of nitrogens with zero attached hydrogens (tertiary/aromatic N) is 13. The molecule has 1 aliphatic heterocycles. The number of hydrogen-bond acceptors (Lipinski definition) is 21. The van der Waals surface area contributed by atoms with Crippen LogP contribution in [0.5, 0.6) is 23.5 Å². The third-order valence-corrected chi connectivity index (χ3v) is 15.1. The zero-order valence-corrected chi connectivity index (χ0v) is 52.8. The van der Waals surface area contributed by atoms with Crippen LogP contribution < -0.4 is 35.3 Å². The normalized spacial score (nSPS) is 14.5. The van der Waals surface area contributed by atoms with Crippen LogP contribution in [0.4, 0.5) is 11.4 Å². The van der Waals surface area contributed by atoms with Crippen LogP contribution in [0.3, 0.4) is 0 Å². The molecule has 1 atom stereocenters. The Morgan fingerprint density at radius 2 is 0.902 bits per heavy atom. The van der Waals surface area contributed by atoms with E-state index in [0.29, 0.717) is 88.6 Å². The number of carbonyl (C=O) groups excluding carboxylic acids is 3. The summed E-state index contributed by atoms with van der Waals surface area (Å²) in [6, 6.07) is 21.1. The average molecular weight is 1270 g/mol. The van der Waals surface area contributed by atoms with Gasteiger partial charge in [0.2, 0.25) is 40.6 Å². The first kappa shape index (κ1) is 72.3. The molecule has 4 aliphatic rings. The Morgan fingerprint density at radius 3 is 1.24 bits per heavy atom. The van der Waals surface area contributed by atoms with Gasteiger partial charge in [0.15, 0.2) is 0 Å². The number of aromatic carboxylic acids is 1. The first-order valence-electron chi connectivity index (χ1n) is 29.7. The van der Waals surface area contributed by atoms with Crippen LogP contribution in [-0.2, 0) is 28.9 Å². The summed E-state index contributed by atoms with van der Waals surface area (Å²) in [5, 5.41) is 49.0. The summed E-state index contributed by atoms with van der Waals surface area (Å²) < 4.78 is 20.0. The van der Waals surface area contributed by atoms with E-state index in [4.69, 9.17) is 62.4 Å². The van der Waals surface area contributed by atoms with Crippen LogP contribution in [0.15, 0.2) is 98.6 Å². The van der Waals surface area contributed by atoms with E-state index in [-0.39, 0.29) is 51.8 Å². The average Bonchev–Trinajstić information content (AvgIpc) is 2.21. The van der Waals surface area contributed by atoms with Gasteiger partial charge in [-0.05, 0) is 109 Å².